The van der Waals surface area contributed by atoms with Crippen molar-refractivity contribution in [2.45, 2.75) is 39.3 Å². The second kappa shape index (κ2) is 7.60. The van der Waals surface area contributed by atoms with Crippen molar-refractivity contribution in [2.24, 2.45) is 5.92 Å². The van der Waals surface area contributed by atoms with Crippen molar-refractivity contribution in [3.63, 3.8) is 0 Å². The van der Waals surface area contributed by atoms with Gasteiger partial charge in [-0.25, -0.2) is 0 Å². The highest BCUT2D eigenvalue weighted by Crippen LogP contribution is 2.33. The molecule has 0 fully saturated rings. The standard InChI is InChI=1S/C21H25NO3/c1-14(2)11-16-9-10-18-19(12-16)24-13-20(25-18)21(23)22-15(3)17-7-5-4-6-8-17/h4-10,12,14-15,20H,11,13H2,1-3H3,(H,22,23)/t15-,20+/m0/s1. The summed E-state index contributed by atoms with van der Waals surface area (Å²) >= 11 is 0. The fourth-order valence-electron chi connectivity index (χ4n) is 2.97. The van der Waals surface area contributed by atoms with E-state index in [0.717, 1.165) is 17.7 Å². The molecular weight excluding hydrogens is 314 g/mol. The van der Waals surface area contributed by atoms with Gasteiger partial charge in [-0.15, -0.1) is 0 Å². The molecule has 0 aliphatic carbocycles. The van der Waals surface area contributed by atoms with Crippen molar-refractivity contribution >= 4 is 5.91 Å². The van der Waals surface area contributed by atoms with Crippen LogP contribution in [0.1, 0.15) is 37.9 Å². The molecule has 0 radical (unpaired) electrons. The topological polar surface area (TPSA) is 47.6 Å². The molecule has 1 N–H and O–H groups in total. The Morgan fingerprint density at radius 2 is 1.88 bits per heavy atom. The molecule has 1 amide bonds. The Morgan fingerprint density at radius 1 is 1.12 bits per heavy atom. The van der Waals surface area contributed by atoms with Crippen LogP contribution in [0.4, 0.5) is 0 Å². The van der Waals surface area contributed by atoms with Gasteiger partial charge in [0, 0.05) is 0 Å². The molecule has 2 atom stereocenters. The van der Waals surface area contributed by atoms with E-state index in [2.05, 4.69) is 19.2 Å². The largest absolute Gasteiger partial charge is 0.485 e. The van der Waals surface area contributed by atoms with Crippen molar-refractivity contribution in [1.82, 2.24) is 5.32 Å². The van der Waals surface area contributed by atoms with Crippen LogP contribution in [0.25, 0.3) is 0 Å². The zero-order chi connectivity index (χ0) is 17.8. The number of nitrogens with one attached hydrogen (secondary N) is 1. The lowest BCUT2D eigenvalue weighted by atomic mass is 10.0. The van der Waals surface area contributed by atoms with Crippen LogP contribution >= 0.6 is 0 Å². The number of hydrogen-bond acceptors (Lipinski definition) is 3. The Hall–Kier alpha value is -2.49. The van der Waals surface area contributed by atoms with Gasteiger partial charge in [-0.2, -0.15) is 0 Å². The molecule has 132 valence electrons. The van der Waals surface area contributed by atoms with Crippen LogP contribution in [-0.4, -0.2) is 18.6 Å². The lowest BCUT2D eigenvalue weighted by Crippen LogP contribution is -2.44. The molecule has 4 nitrogen and oxygen atoms in total. The quantitative estimate of drug-likeness (QED) is 0.899. The monoisotopic (exact) mass is 339 g/mol. The zero-order valence-corrected chi connectivity index (χ0v) is 15.0. The third-order valence-corrected chi connectivity index (χ3v) is 4.26. The molecule has 0 aromatic heterocycles. The summed E-state index contributed by atoms with van der Waals surface area (Å²) in [6.45, 7) is 6.56. The lowest BCUT2D eigenvalue weighted by molar-refractivity contribution is -0.131. The summed E-state index contributed by atoms with van der Waals surface area (Å²) in [4.78, 5) is 12.5. The molecule has 25 heavy (non-hydrogen) atoms. The Kier molecular flexibility index (Phi) is 5.27. The van der Waals surface area contributed by atoms with Gasteiger partial charge >= 0.3 is 0 Å². The molecule has 0 unspecified atom stereocenters. The maximum Gasteiger partial charge on any atom is 0.265 e. The van der Waals surface area contributed by atoms with Crippen LogP contribution < -0.4 is 14.8 Å². The number of rotatable bonds is 5. The van der Waals surface area contributed by atoms with E-state index in [1.165, 1.54) is 5.56 Å². The smallest absolute Gasteiger partial charge is 0.265 e. The van der Waals surface area contributed by atoms with Crippen LogP contribution in [0, 0.1) is 5.92 Å². The Morgan fingerprint density at radius 3 is 2.60 bits per heavy atom. The van der Waals surface area contributed by atoms with Crippen LogP contribution in [0.3, 0.4) is 0 Å². The predicted molar refractivity (Wildman–Crippen MR) is 97.9 cm³/mol. The maximum absolute atomic E-state index is 12.5. The molecule has 0 saturated heterocycles. The number of carbonyl (C=O) groups excluding carboxylic acids is 1. The van der Waals surface area contributed by atoms with E-state index in [0.29, 0.717) is 11.7 Å². The van der Waals surface area contributed by atoms with Gasteiger partial charge in [0.1, 0.15) is 6.61 Å². The summed E-state index contributed by atoms with van der Waals surface area (Å²) in [5.74, 6) is 1.78. The molecule has 0 saturated carbocycles. The van der Waals surface area contributed by atoms with Gasteiger partial charge in [-0.1, -0.05) is 50.2 Å². The summed E-state index contributed by atoms with van der Waals surface area (Å²) < 4.78 is 11.6. The molecule has 0 spiro atoms. The third-order valence-electron chi connectivity index (χ3n) is 4.26. The minimum atomic E-state index is -0.630. The average Bonchev–Trinajstić information content (AvgIpc) is 2.61. The van der Waals surface area contributed by atoms with Crippen molar-refractivity contribution in [3.05, 3.63) is 59.7 Å². The molecule has 0 bridgehead atoms. The summed E-state index contributed by atoms with van der Waals surface area (Å²) in [6, 6.07) is 15.7. The van der Waals surface area contributed by atoms with Crippen LogP contribution in [0.2, 0.25) is 0 Å². The summed E-state index contributed by atoms with van der Waals surface area (Å²) in [6.07, 6.45) is 0.365. The minimum Gasteiger partial charge on any atom is -0.485 e. The van der Waals surface area contributed by atoms with Gasteiger partial charge in [-0.3, -0.25) is 4.79 Å². The van der Waals surface area contributed by atoms with E-state index in [4.69, 9.17) is 9.47 Å². The third kappa shape index (κ3) is 4.32. The SMILES string of the molecule is CC(C)Cc1ccc2c(c1)OC[C@H](C(=O)N[C@@H](C)c1ccccc1)O2. The molecule has 1 aliphatic rings. The highest BCUT2D eigenvalue weighted by Gasteiger charge is 2.28. The molecular formula is C21H25NO3. The molecule has 3 rings (SSSR count). The highest BCUT2D eigenvalue weighted by molar-refractivity contribution is 5.82. The van der Waals surface area contributed by atoms with Crippen molar-refractivity contribution in [2.75, 3.05) is 6.61 Å². The first-order valence-electron chi connectivity index (χ1n) is 8.80. The highest BCUT2D eigenvalue weighted by atomic mass is 16.6. The first-order valence-corrected chi connectivity index (χ1v) is 8.80. The van der Waals surface area contributed by atoms with Gasteiger partial charge in [0.15, 0.2) is 11.5 Å². The van der Waals surface area contributed by atoms with Crippen LogP contribution in [0.15, 0.2) is 48.5 Å². The van der Waals surface area contributed by atoms with E-state index < -0.39 is 6.10 Å². The second-order valence-corrected chi connectivity index (χ2v) is 6.94. The van der Waals surface area contributed by atoms with Gasteiger partial charge in [-0.05, 0) is 42.5 Å². The van der Waals surface area contributed by atoms with Gasteiger partial charge < -0.3 is 14.8 Å². The Bertz CT molecular complexity index is 727. The van der Waals surface area contributed by atoms with Gasteiger partial charge in [0.05, 0.1) is 6.04 Å². The molecule has 1 aliphatic heterocycles. The zero-order valence-electron chi connectivity index (χ0n) is 15.0. The maximum atomic E-state index is 12.5. The first-order chi connectivity index (χ1) is 12.0. The number of fused-ring (bicyclic) bond motifs is 1. The summed E-state index contributed by atoms with van der Waals surface area (Å²) in [7, 11) is 0. The van der Waals surface area contributed by atoms with Gasteiger partial charge in [0.2, 0.25) is 6.10 Å². The van der Waals surface area contributed by atoms with Crippen LogP contribution in [0.5, 0.6) is 11.5 Å². The number of amides is 1. The fraction of sp³-hybridized carbons (Fsp3) is 0.381. The molecule has 2 aromatic rings. The first kappa shape index (κ1) is 17.3. The Balaban J connectivity index is 1.63. The predicted octanol–water partition coefficient (Wildman–Crippen LogP) is 3.90. The summed E-state index contributed by atoms with van der Waals surface area (Å²) in [5.41, 5.74) is 2.28. The van der Waals surface area contributed by atoms with E-state index in [-0.39, 0.29) is 18.6 Å². The number of benzene rings is 2. The lowest BCUT2D eigenvalue weighted by Gasteiger charge is -2.27. The van der Waals surface area contributed by atoms with Crippen molar-refractivity contribution in [3.8, 4) is 11.5 Å². The van der Waals surface area contributed by atoms with Crippen LogP contribution in [-0.2, 0) is 11.2 Å². The number of carbonyl (C=O) groups is 1. The second-order valence-electron chi connectivity index (χ2n) is 6.94. The van der Waals surface area contributed by atoms with Crippen molar-refractivity contribution in [1.29, 1.82) is 0 Å². The van der Waals surface area contributed by atoms with E-state index in [1.54, 1.807) is 0 Å². The number of ether oxygens (including phenoxy) is 2. The van der Waals surface area contributed by atoms with E-state index in [1.807, 2.05) is 55.5 Å². The molecule has 2 aromatic carbocycles. The van der Waals surface area contributed by atoms with E-state index in [9.17, 15) is 4.79 Å². The van der Waals surface area contributed by atoms with Gasteiger partial charge in [0.25, 0.3) is 5.91 Å². The average molecular weight is 339 g/mol. The Labute approximate surface area is 149 Å². The summed E-state index contributed by atoms with van der Waals surface area (Å²) in [5, 5.41) is 2.99. The van der Waals surface area contributed by atoms with Crippen molar-refractivity contribution < 1.29 is 14.3 Å². The van der Waals surface area contributed by atoms with E-state index >= 15 is 0 Å². The minimum absolute atomic E-state index is 0.0767. The normalized spacial score (nSPS) is 17.2. The molecule has 1 heterocycles. The number of hydrogen-bond donors (Lipinski definition) is 1. The molecule has 4 heteroatoms. The fourth-order valence-corrected chi connectivity index (χ4v) is 2.97.